The molecule has 4 atom stereocenters. The maximum Gasteiger partial charge on any atom is 0.219 e. The Bertz CT molecular complexity index is 1060. The third kappa shape index (κ3) is 3.53. The van der Waals surface area contributed by atoms with E-state index in [0.717, 1.165) is 0 Å². The number of anilines is 2. The van der Waals surface area contributed by atoms with Gasteiger partial charge in [-0.2, -0.15) is 0 Å². The van der Waals surface area contributed by atoms with Crippen LogP contribution >= 0.6 is 0 Å². The molecule has 0 unspecified atom stereocenters. The molecule has 3 heterocycles. The van der Waals surface area contributed by atoms with E-state index in [-0.39, 0.29) is 22.9 Å². The molecule has 1 aromatic carbocycles. The highest BCUT2D eigenvalue weighted by atomic mass is 16.6. The number of benzene rings is 1. The lowest BCUT2D eigenvalue weighted by atomic mass is 10.1. The summed E-state index contributed by atoms with van der Waals surface area (Å²) in [6, 6.07) is 11.6. The third-order valence-electron chi connectivity index (χ3n) is 4.41. The number of ether oxygens (including phenoxy) is 2. The van der Waals surface area contributed by atoms with Crippen LogP contribution in [0.1, 0.15) is 6.23 Å². The zero-order valence-corrected chi connectivity index (χ0v) is 15.0. The van der Waals surface area contributed by atoms with E-state index >= 15 is 0 Å². The first-order chi connectivity index (χ1) is 14.1. The minimum Gasteiger partial charge on any atom is -0.406 e. The van der Waals surface area contributed by atoms with Crippen LogP contribution in [0, 0.1) is 12.2 Å². The second kappa shape index (κ2) is 7.90. The fourth-order valence-electron chi connectivity index (χ4n) is 3.00. The molecule has 0 bridgehead atoms. The van der Waals surface area contributed by atoms with Gasteiger partial charge < -0.3 is 30.5 Å². The highest BCUT2D eigenvalue weighted by Crippen LogP contribution is 2.34. The zero-order chi connectivity index (χ0) is 20.4. The lowest BCUT2D eigenvalue weighted by Gasteiger charge is -2.18. The second-order valence-electron chi connectivity index (χ2n) is 6.23. The van der Waals surface area contributed by atoms with Crippen molar-refractivity contribution in [2.75, 3.05) is 17.7 Å². The molecule has 0 radical (unpaired) electrons. The molecule has 3 aromatic rings. The van der Waals surface area contributed by atoms with E-state index in [1.54, 1.807) is 12.1 Å². The molecule has 1 aliphatic heterocycles. The van der Waals surface area contributed by atoms with Crippen molar-refractivity contribution in [1.82, 2.24) is 19.5 Å². The lowest BCUT2D eigenvalue weighted by Crippen LogP contribution is -2.33. The van der Waals surface area contributed by atoms with Crippen molar-refractivity contribution in [3.8, 4) is 17.9 Å². The van der Waals surface area contributed by atoms with Gasteiger partial charge in [0, 0.05) is 0 Å². The molecular weight excluding hydrogens is 380 g/mol. The number of fused-ring (bicyclic) bond motifs is 1. The molecule has 0 amide bonds. The minimum atomic E-state index is -1.34. The monoisotopic (exact) mass is 398 g/mol. The van der Waals surface area contributed by atoms with Gasteiger partial charge in [-0.1, -0.05) is 18.2 Å². The summed E-state index contributed by atoms with van der Waals surface area (Å²) >= 11 is 0. The van der Waals surface area contributed by atoms with Gasteiger partial charge in [0.15, 0.2) is 23.2 Å². The molecule has 0 spiro atoms. The molecule has 0 saturated carbocycles. The Morgan fingerprint density at radius 1 is 1.21 bits per heavy atom. The summed E-state index contributed by atoms with van der Waals surface area (Å²) < 4.78 is 12.3. The van der Waals surface area contributed by atoms with Crippen LogP contribution in [0.3, 0.4) is 0 Å². The topological polar surface area (TPSA) is 161 Å². The molecule has 1 saturated heterocycles. The molecule has 150 valence electrons. The van der Waals surface area contributed by atoms with Gasteiger partial charge in [-0.3, -0.25) is 9.88 Å². The van der Waals surface area contributed by atoms with Gasteiger partial charge in [0.25, 0.3) is 0 Å². The first-order valence-electron chi connectivity index (χ1n) is 8.69. The number of hydrogen-bond donors (Lipinski definition) is 5. The average molecular weight is 398 g/mol. The molecule has 2 aromatic heterocycles. The number of aliphatic hydroxyl groups is 3. The average Bonchev–Trinajstić information content (AvgIpc) is 3.24. The SMILES string of the molecule is Nc1ncnc2c1nc(NC#COc1ccccc1)n2[C@@H]1O[C@H](CO)[C@@H](O)[C@H]1O. The van der Waals surface area contributed by atoms with E-state index in [4.69, 9.17) is 15.2 Å². The quantitative estimate of drug-likeness (QED) is 0.284. The normalized spacial score (nSPS) is 23.6. The summed E-state index contributed by atoms with van der Waals surface area (Å²) in [6.07, 6.45) is -0.943. The number of aromatic nitrogens is 4. The molecule has 4 rings (SSSR count). The fourth-order valence-corrected chi connectivity index (χ4v) is 3.00. The Morgan fingerprint density at radius 3 is 2.72 bits per heavy atom. The number of hydrogen-bond acceptors (Lipinski definition) is 10. The van der Waals surface area contributed by atoms with Crippen LogP contribution in [-0.4, -0.2) is 59.8 Å². The van der Waals surface area contributed by atoms with Gasteiger partial charge in [0.05, 0.1) is 12.7 Å². The predicted molar refractivity (Wildman–Crippen MR) is 101 cm³/mol. The van der Waals surface area contributed by atoms with Gasteiger partial charge in [-0.05, 0) is 12.1 Å². The lowest BCUT2D eigenvalue weighted by molar-refractivity contribution is -0.0501. The van der Waals surface area contributed by atoms with Crippen molar-refractivity contribution < 1.29 is 24.8 Å². The standard InChI is InChI=1S/C18H18N6O5/c19-15-12-16(22-9-21-15)24(17-14(27)13(26)11(8-25)29-17)18(23-12)20-6-7-28-10-4-2-1-3-5-10/h1-5,9,11,13-14,17,25-27H,8H2,(H,20,23)(H2,19,21,22)/t11-,13-,14-,17-/m1/s1. The summed E-state index contributed by atoms with van der Waals surface area (Å²) in [5.41, 5.74) is 6.40. The van der Waals surface area contributed by atoms with Crippen molar-refractivity contribution in [3.63, 3.8) is 0 Å². The van der Waals surface area contributed by atoms with Crippen LogP contribution in [0.5, 0.6) is 5.75 Å². The Morgan fingerprint density at radius 2 is 2.00 bits per heavy atom. The number of imidazole rings is 1. The van der Waals surface area contributed by atoms with Crippen LogP contribution in [0.15, 0.2) is 36.7 Å². The summed E-state index contributed by atoms with van der Waals surface area (Å²) in [5.74, 6) is 0.831. The van der Waals surface area contributed by atoms with E-state index in [1.807, 2.05) is 18.2 Å². The molecule has 29 heavy (non-hydrogen) atoms. The van der Waals surface area contributed by atoms with Gasteiger partial charge in [0.1, 0.15) is 36.5 Å². The number of nitrogens with zero attached hydrogens (tertiary/aromatic N) is 4. The fraction of sp³-hybridized carbons (Fsp3) is 0.278. The van der Waals surface area contributed by atoms with Gasteiger partial charge >= 0.3 is 0 Å². The van der Waals surface area contributed by atoms with Gasteiger partial charge in [-0.25, -0.2) is 15.0 Å². The molecule has 6 N–H and O–H groups in total. The number of nitrogens with one attached hydrogen (secondary N) is 1. The number of rotatable bonds is 4. The molecule has 11 nitrogen and oxygen atoms in total. The van der Waals surface area contributed by atoms with E-state index < -0.39 is 31.1 Å². The van der Waals surface area contributed by atoms with E-state index in [1.165, 1.54) is 10.9 Å². The number of aliphatic hydroxyl groups excluding tert-OH is 3. The maximum absolute atomic E-state index is 10.4. The number of nitrogens with two attached hydrogens (primary N) is 1. The first kappa shape index (κ1) is 18.9. The van der Waals surface area contributed by atoms with Crippen LogP contribution in [0.25, 0.3) is 11.2 Å². The first-order valence-corrected chi connectivity index (χ1v) is 8.69. The highest BCUT2D eigenvalue weighted by Gasteiger charge is 2.45. The van der Waals surface area contributed by atoms with E-state index in [2.05, 4.69) is 32.4 Å². The molecule has 1 aliphatic rings. The Balaban J connectivity index is 1.67. The van der Waals surface area contributed by atoms with Crippen molar-refractivity contribution in [2.45, 2.75) is 24.5 Å². The molecule has 11 heteroatoms. The maximum atomic E-state index is 10.4. The molecule has 1 fully saturated rings. The summed E-state index contributed by atoms with van der Waals surface area (Å²) in [7, 11) is 0. The zero-order valence-electron chi connectivity index (χ0n) is 15.0. The van der Waals surface area contributed by atoms with Crippen LogP contribution in [0.4, 0.5) is 11.8 Å². The van der Waals surface area contributed by atoms with Crippen LogP contribution in [0.2, 0.25) is 0 Å². The van der Waals surface area contributed by atoms with Crippen molar-refractivity contribution in [2.24, 2.45) is 0 Å². The highest BCUT2D eigenvalue weighted by molar-refractivity contribution is 5.84. The predicted octanol–water partition coefficient (Wildman–Crippen LogP) is -0.571. The van der Waals surface area contributed by atoms with Crippen molar-refractivity contribution in [1.29, 1.82) is 0 Å². The van der Waals surface area contributed by atoms with Gasteiger partial charge in [-0.15, -0.1) is 0 Å². The Hall–Kier alpha value is -3.43. The largest absolute Gasteiger partial charge is 0.406 e. The number of nitrogen functional groups attached to an aromatic ring is 1. The Kier molecular flexibility index (Phi) is 5.15. The van der Waals surface area contributed by atoms with Crippen molar-refractivity contribution in [3.05, 3.63) is 36.7 Å². The van der Waals surface area contributed by atoms with E-state index in [9.17, 15) is 15.3 Å². The number of para-hydroxylation sites is 1. The summed E-state index contributed by atoms with van der Waals surface area (Å²) in [6.45, 7) is -0.466. The molecule has 0 aliphatic carbocycles. The third-order valence-corrected chi connectivity index (χ3v) is 4.41. The molecular formula is C18H18N6O5. The smallest absolute Gasteiger partial charge is 0.219 e. The van der Waals surface area contributed by atoms with E-state index in [0.29, 0.717) is 5.75 Å². The summed E-state index contributed by atoms with van der Waals surface area (Å²) in [4.78, 5) is 12.4. The summed E-state index contributed by atoms with van der Waals surface area (Å²) in [5, 5.41) is 32.6. The Labute approximate surface area is 164 Å². The van der Waals surface area contributed by atoms with Crippen LogP contribution in [-0.2, 0) is 4.74 Å². The van der Waals surface area contributed by atoms with Crippen LogP contribution < -0.4 is 15.8 Å². The van der Waals surface area contributed by atoms with Crippen molar-refractivity contribution >= 4 is 22.9 Å². The van der Waals surface area contributed by atoms with Gasteiger partial charge in [0.2, 0.25) is 5.95 Å². The second-order valence-corrected chi connectivity index (χ2v) is 6.23. The minimum absolute atomic E-state index is 0.122.